The van der Waals surface area contributed by atoms with E-state index in [1.807, 2.05) is 19.0 Å². The van der Waals surface area contributed by atoms with Crippen molar-refractivity contribution in [2.24, 2.45) is 5.92 Å². The van der Waals surface area contributed by atoms with Crippen LogP contribution in [0.1, 0.15) is 6.92 Å². The number of carbonyl (C=O) groups excluding carboxylic acids is 1. The van der Waals surface area contributed by atoms with Gasteiger partial charge in [-0.3, -0.25) is 9.52 Å². The number of sulfonamides is 2. The molecular formula is C19H23N3O6S2. The monoisotopic (exact) mass is 453 g/mol. The number of amides is 1. The van der Waals surface area contributed by atoms with Gasteiger partial charge in [0, 0.05) is 25.5 Å². The Kier molecular flexibility index (Phi) is 5.70. The van der Waals surface area contributed by atoms with Gasteiger partial charge in [0.25, 0.3) is 10.0 Å². The second kappa shape index (κ2) is 7.80. The summed E-state index contributed by atoms with van der Waals surface area (Å²) < 4.78 is 59.1. The van der Waals surface area contributed by atoms with E-state index in [1.165, 1.54) is 26.2 Å². The number of nitrogens with one attached hydrogen (secondary N) is 1. The van der Waals surface area contributed by atoms with Crippen LogP contribution in [-0.2, 0) is 24.8 Å². The van der Waals surface area contributed by atoms with E-state index in [9.17, 15) is 21.6 Å². The van der Waals surface area contributed by atoms with E-state index in [-0.39, 0.29) is 22.1 Å². The molecule has 1 atom stereocenters. The van der Waals surface area contributed by atoms with E-state index >= 15 is 0 Å². The maximum Gasteiger partial charge on any atom is 0.265 e. The van der Waals surface area contributed by atoms with Crippen LogP contribution in [0.4, 0.5) is 17.1 Å². The fourth-order valence-electron chi connectivity index (χ4n) is 3.13. The van der Waals surface area contributed by atoms with Gasteiger partial charge in [-0.1, -0.05) is 6.92 Å². The third-order valence-electron chi connectivity index (χ3n) is 4.67. The molecule has 2 aromatic carbocycles. The third kappa shape index (κ3) is 4.08. The SMILES string of the molecule is COc1ccc(N2C(=O)C(C)CS2(=O)=O)cc1S(=O)(=O)Nc1ccc(N(C)C)cc1. The summed E-state index contributed by atoms with van der Waals surface area (Å²) in [4.78, 5) is 14.0. The topological polar surface area (TPSA) is 113 Å². The number of anilines is 3. The molecule has 1 aliphatic rings. The van der Waals surface area contributed by atoms with Crippen molar-refractivity contribution in [3.63, 3.8) is 0 Å². The summed E-state index contributed by atoms with van der Waals surface area (Å²) in [6.07, 6.45) is 0. The Hall–Kier alpha value is -2.79. The van der Waals surface area contributed by atoms with Crippen molar-refractivity contribution < 1.29 is 26.4 Å². The maximum absolute atomic E-state index is 13.0. The summed E-state index contributed by atoms with van der Waals surface area (Å²) in [7, 11) is -2.96. The smallest absolute Gasteiger partial charge is 0.265 e. The third-order valence-corrected chi connectivity index (χ3v) is 7.94. The van der Waals surface area contributed by atoms with Gasteiger partial charge < -0.3 is 9.64 Å². The second-order valence-electron chi connectivity index (χ2n) is 7.16. The first-order valence-corrected chi connectivity index (χ1v) is 12.1. The Bertz CT molecular complexity index is 1180. The van der Waals surface area contributed by atoms with Gasteiger partial charge in [0.05, 0.1) is 24.5 Å². The molecule has 3 rings (SSSR count). The molecule has 1 aliphatic heterocycles. The Morgan fingerprint density at radius 3 is 2.27 bits per heavy atom. The summed E-state index contributed by atoms with van der Waals surface area (Å²) in [6.45, 7) is 1.51. The maximum atomic E-state index is 13.0. The van der Waals surface area contributed by atoms with E-state index in [1.54, 1.807) is 24.3 Å². The van der Waals surface area contributed by atoms with Crippen LogP contribution in [0.5, 0.6) is 5.75 Å². The molecule has 0 aliphatic carbocycles. The molecule has 1 fully saturated rings. The molecule has 0 spiro atoms. The molecule has 11 heteroatoms. The normalized spacial score (nSPS) is 18.3. The van der Waals surface area contributed by atoms with Crippen LogP contribution in [0, 0.1) is 5.92 Å². The molecule has 162 valence electrons. The highest BCUT2D eigenvalue weighted by atomic mass is 32.2. The lowest BCUT2D eigenvalue weighted by atomic mass is 10.2. The largest absolute Gasteiger partial charge is 0.495 e. The van der Waals surface area contributed by atoms with Gasteiger partial charge in [-0.15, -0.1) is 0 Å². The van der Waals surface area contributed by atoms with E-state index in [2.05, 4.69) is 4.72 Å². The Labute approximate surface area is 176 Å². The molecule has 1 N–H and O–H groups in total. The van der Waals surface area contributed by atoms with E-state index in [0.717, 1.165) is 11.8 Å². The predicted molar refractivity (Wildman–Crippen MR) is 115 cm³/mol. The van der Waals surface area contributed by atoms with Crippen LogP contribution >= 0.6 is 0 Å². The Morgan fingerprint density at radius 2 is 1.77 bits per heavy atom. The molecule has 2 aromatic rings. The summed E-state index contributed by atoms with van der Waals surface area (Å²) in [5.41, 5.74) is 1.17. The van der Waals surface area contributed by atoms with Crippen LogP contribution in [0.3, 0.4) is 0 Å². The fraction of sp³-hybridized carbons (Fsp3) is 0.316. The van der Waals surface area contributed by atoms with E-state index in [0.29, 0.717) is 9.99 Å². The molecule has 1 amide bonds. The predicted octanol–water partition coefficient (Wildman–Crippen LogP) is 1.87. The number of carbonyl (C=O) groups is 1. The number of ether oxygens (including phenoxy) is 1. The van der Waals surface area contributed by atoms with Gasteiger partial charge in [0.1, 0.15) is 10.6 Å². The molecule has 0 radical (unpaired) electrons. The van der Waals surface area contributed by atoms with Crippen molar-refractivity contribution in [2.75, 3.05) is 40.9 Å². The van der Waals surface area contributed by atoms with Crippen LogP contribution < -0.4 is 18.7 Å². The molecule has 0 saturated carbocycles. The number of methoxy groups -OCH3 is 1. The zero-order valence-corrected chi connectivity index (χ0v) is 18.6. The minimum atomic E-state index is -4.13. The van der Waals surface area contributed by atoms with Gasteiger partial charge in [0.15, 0.2) is 0 Å². The van der Waals surface area contributed by atoms with Crippen LogP contribution in [0.15, 0.2) is 47.4 Å². The highest BCUT2D eigenvalue weighted by Crippen LogP contribution is 2.34. The average Bonchev–Trinajstić information content (AvgIpc) is 2.88. The molecule has 1 heterocycles. The van der Waals surface area contributed by atoms with Crippen molar-refractivity contribution >= 4 is 43.0 Å². The van der Waals surface area contributed by atoms with Gasteiger partial charge in [-0.2, -0.15) is 0 Å². The van der Waals surface area contributed by atoms with Crippen LogP contribution in [0.25, 0.3) is 0 Å². The van der Waals surface area contributed by atoms with Crippen molar-refractivity contribution in [2.45, 2.75) is 11.8 Å². The standard InChI is InChI=1S/C19H23N3O6S2/c1-13-12-29(24,25)22(19(13)23)16-9-10-17(28-4)18(11-16)30(26,27)20-14-5-7-15(8-6-14)21(2)3/h5-11,13,20H,12H2,1-4H3. The molecular weight excluding hydrogens is 430 g/mol. The number of nitrogens with zero attached hydrogens (tertiary/aromatic N) is 2. The van der Waals surface area contributed by atoms with Gasteiger partial charge in [0.2, 0.25) is 15.9 Å². The highest BCUT2D eigenvalue weighted by Gasteiger charge is 2.42. The average molecular weight is 454 g/mol. The van der Waals surface area contributed by atoms with Gasteiger partial charge in [-0.05, 0) is 42.5 Å². The minimum Gasteiger partial charge on any atom is -0.495 e. The number of hydrogen-bond donors (Lipinski definition) is 1. The zero-order chi connectivity index (χ0) is 22.3. The molecule has 9 nitrogen and oxygen atoms in total. The summed E-state index contributed by atoms with van der Waals surface area (Å²) >= 11 is 0. The molecule has 30 heavy (non-hydrogen) atoms. The van der Waals surface area contributed by atoms with Crippen molar-refractivity contribution in [1.82, 2.24) is 0 Å². The van der Waals surface area contributed by atoms with Crippen LogP contribution in [0.2, 0.25) is 0 Å². The minimum absolute atomic E-state index is 0.0215. The van der Waals surface area contributed by atoms with E-state index in [4.69, 9.17) is 4.74 Å². The van der Waals surface area contributed by atoms with E-state index < -0.39 is 31.9 Å². The van der Waals surface area contributed by atoms with Crippen molar-refractivity contribution in [3.8, 4) is 5.75 Å². The summed E-state index contributed by atoms with van der Waals surface area (Å²) in [5.74, 6) is -1.61. The molecule has 1 saturated heterocycles. The first kappa shape index (κ1) is 21.9. The van der Waals surface area contributed by atoms with Gasteiger partial charge >= 0.3 is 0 Å². The Balaban J connectivity index is 2.02. The number of hydrogen-bond acceptors (Lipinski definition) is 7. The summed E-state index contributed by atoms with van der Waals surface area (Å²) in [6, 6.07) is 10.5. The van der Waals surface area contributed by atoms with Crippen molar-refractivity contribution in [1.29, 1.82) is 0 Å². The highest BCUT2D eigenvalue weighted by molar-refractivity contribution is 7.94. The second-order valence-corrected chi connectivity index (χ2v) is 10.7. The van der Waals surface area contributed by atoms with Crippen LogP contribution in [-0.4, -0.2) is 49.7 Å². The lowest BCUT2D eigenvalue weighted by Gasteiger charge is -2.18. The molecule has 1 unspecified atom stereocenters. The number of rotatable bonds is 6. The first-order valence-electron chi connectivity index (χ1n) is 9.01. The molecule has 0 bridgehead atoms. The van der Waals surface area contributed by atoms with Gasteiger partial charge in [-0.25, -0.2) is 21.1 Å². The van der Waals surface area contributed by atoms with Crippen molar-refractivity contribution in [3.05, 3.63) is 42.5 Å². The number of benzene rings is 2. The lowest BCUT2D eigenvalue weighted by molar-refractivity contribution is -0.119. The molecule has 0 aromatic heterocycles. The Morgan fingerprint density at radius 1 is 1.13 bits per heavy atom. The quantitative estimate of drug-likeness (QED) is 0.710. The lowest BCUT2D eigenvalue weighted by Crippen LogP contribution is -2.30. The zero-order valence-electron chi connectivity index (χ0n) is 17.0. The first-order chi connectivity index (χ1) is 14.0. The fourth-order valence-corrected chi connectivity index (χ4v) is 6.19. The summed E-state index contributed by atoms with van der Waals surface area (Å²) in [5, 5.41) is 0.